The van der Waals surface area contributed by atoms with Crippen molar-refractivity contribution >= 4 is 21.6 Å². The average molecular weight is 314 g/mol. The summed E-state index contributed by atoms with van der Waals surface area (Å²) < 4.78 is 37.4. The van der Waals surface area contributed by atoms with E-state index < -0.39 is 21.0 Å². The molecule has 0 aromatic heterocycles. The zero-order chi connectivity index (χ0) is 14.8. The molecule has 7 heteroatoms. The summed E-state index contributed by atoms with van der Waals surface area (Å²) in [7, 11) is -3.21. The first-order valence-electron chi connectivity index (χ1n) is 6.11. The molecule has 0 spiro atoms. The quantitative estimate of drug-likeness (QED) is 0.848. The Hall–Kier alpha value is -1.10. The van der Waals surface area contributed by atoms with Gasteiger partial charge in [-0.2, -0.15) is 17.0 Å². The van der Waals surface area contributed by atoms with Crippen LogP contribution in [0.3, 0.4) is 0 Å². The first kappa shape index (κ1) is 15.3. The predicted molar refractivity (Wildman–Crippen MR) is 77.5 cm³/mol. The fourth-order valence-corrected chi connectivity index (χ4v) is 5.12. The van der Waals surface area contributed by atoms with Gasteiger partial charge in [0.05, 0.1) is 11.6 Å². The SMILES string of the molecule is CS(=O)(=O)C1CSCCN1Cc1cc(C#N)ccc1F. The highest BCUT2D eigenvalue weighted by molar-refractivity contribution is 8.00. The van der Waals surface area contributed by atoms with Gasteiger partial charge in [0.15, 0.2) is 9.84 Å². The molecular weight excluding hydrogens is 299 g/mol. The van der Waals surface area contributed by atoms with Crippen LogP contribution >= 0.6 is 11.8 Å². The molecule has 0 aliphatic carbocycles. The van der Waals surface area contributed by atoms with E-state index in [-0.39, 0.29) is 6.54 Å². The second-order valence-corrected chi connectivity index (χ2v) is 8.10. The Morgan fingerprint density at radius 1 is 1.55 bits per heavy atom. The van der Waals surface area contributed by atoms with Crippen LogP contribution < -0.4 is 0 Å². The number of thioether (sulfide) groups is 1. The third-order valence-electron chi connectivity index (χ3n) is 3.23. The standard InChI is InChI=1S/C13H15FN2O2S2/c1-20(17,18)13-9-19-5-4-16(13)8-11-6-10(7-15)2-3-12(11)14/h2-3,6,13H,4-5,8-9H2,1H3. The van der Waals surface area contributed by atoms with E-state index in [1.807, 2.05) is 6.07 Å². The van der Waals surface area contributed by atoms with Gasteiger partial charge in [0, 0.05) is 36.4 Å². The van der Waals surface area contributed by atoms with Crippen LogP contribution in [0.5, 0.6) is 0 Å². The van der Waals surface area contributed by atoms with Gasteiger partial charge in [-0.05, 0) is 18.2 Å². The van der Waals surface area contributed by atoms with Crippen molar-refractivity contribution < 1.29 is 12.8 Å². The van der Waals surface area contributed by atoms with Crippen molar-refractivity contribution in [3.8, 4) is 6.07 Å². The van der Waals surface area contributed by atoms with E-state index in [1.165, 1.54) is 24.5 Å². The molecule has 1 aliphatic heterocycles. The summed E-state index contributed by atoms with van der Waals surface area (Å²) >= 11 is 1.59. The average Bonchev–Trinajstić information content (AvgIpc) is 2.41. The number of hydrogen-bond acceptors (Lipinski definition) is 5. The van der Waals surface area contributed by atoms with Crippen molar-refractivity contribution in [2.75, 3.05) is 24.3 Å². The number of halogens is 1. The monoisotopic (exact) mass is 314 g/mol. The van der Waals surface area contributed by atoms with Crippen LogP contribution in [0.15, 0.2) is 18.2 Å². The number of nitrogens with zero attached hydrogens (tertiary/aromatic N) is 2. The molecule has 0 amide bonds. The zero-order valence-electron chi connectivity index (χ0n) is 11.0. The lowest BCUT2D eigenvalue weighted by molar-refractivity contribution is 0.258. The van der Waals surface area contributed by atoms with Gasteiger partial charge in [0.2, 0.25) is 0 Å². The van der Waals surface area contributed by atoms with E-state index in [2.05, 4.69) is 0 Å². The molecule has 1 atom stereocenters. The van der Waals surface area contributed by atoms with Crippen LogP contribution in [-0.2, 0) is 16.4 Å². The van der Waals surface area contributed by atoms with Crippen molar-refractivity contribution in [2.45, 2.75) is 11.9 Å². The maximum atomic E-state index is 13.8. The highest BCUT2D eigenvalue weighted by atomic mass is 32.2. The molecule has 1 aliphatic rings. The van der Waals surface area contributed by atoms with Crippen molar-refractivity contribution in [3.63, 3.8) is 0 Å². The summed E-state index contributed by atoms with van der Waals surface area (Å²) in [5, 5.41) is 8.26. The van der Waals surface area contributed by atoms with Gasteiger partial charge in [0.1, 0.15) is 11.2 Å². The Kier molecular flexibility index (Phi) is 4.68. The molecule has 1 heterocycles. The predicted octanol–water partition coefficient (Wildman–Crippen LogP) is 1.62. The van der Waals surface area contributed by atoms with E-state index in [0.29, 0.717) is 23.4 Å². The molecule has 1 saturated heterocycles. The van der Waals surface area contributed by atoms with Crippen LogP contribution in [0.2, 0.25) is 0 Å². The summed E-state index contributed by atoms with van der Waals surface area (Å²) in [5.41, 5.74) is 0.744. The minimum absolute atomic E-state index is 0.208. The molecule has 1 fully saturated rings. The van der Waals surface area contributed by atoms with Gasteiger partial charge >= 0.3 is 0 Å². The molecule has 1 unspecified atom stereocenters. The topological polar surface area (TPSA) is 61.2 Å². The van der Waals surface area contributed by atoms with Crippen molar-refractivity contribution in [2.24, 2.45) is 0 Å². The lowest BCUT2D eigenvalue weighted by Gasteiger charge is -2.34. The Balaban J connectivity index is 2.25. The summed E-state index contributed by atoms with van der Waals surface area (Å²) in [6.45, 7) is 0.804. The first-order valence-corrected chi connectivity index (χ1v) is 9.22. The zero-order valence-corrected chi connectivity index (χ0v) is 12.7. The molecule has 1 aromatic rings. The molecule has 108 valence electrons. The molecule has 0 bridgehead atoms. The highest BCUT2D eigenvalue weighted by Gasteiger charge is 2.31. The Bertz CT molecular complexity index is 640. The van der Waals surface area contributed by atoms with Crippen molar-refractivity contribution in [3.05, 3.63) is 35.1 Å². The van der Waals surface area contributed by atoms with Gasteiger partial charge < -0.3 is 0 Å². The Labute approximate surface area is 122 Å². The second-order valence-electron chi connectivity index (χ2n) is 4.75. The Morgan fingerprint density at radius 3 is 2.95 bits per heavy atom. The minimum Gasteiger partial charge on any atom is -0.281 e. The lowest BCUT2D eigenvalue weighted by Crippen LogP contribution is -2.46. The largest absolute Gasteiger partial charge is 0.281 e. The molecule has 0 radical (unpaired) electrons. The number of rotatable bonds is 3. The van der Waals surface area contributed by atoms with Gasteiger partial charge in [-0.3, -0.25) is 4.90 Å². The molecule has 20 heavy (non-hydrogen) atoms. The van der Waals surface area contributed by atoms with Crippen LogP contribution in [0.25, 0.3) is 0 Å². The highest BCUT2D eigenvalue weighted by Crippen LogP contribution is 2.23. The molecule has 0 saturated carbocycles. The lowest BCUT2D eigenvalue weighted by atomic mass is 10.1. The number of sulfone groups is 1. The normalized spacial score (nSPS) is 20.6. The third-order valence-corrected chi connectivity index (χ3v) is 5.92. The van der Waals surface area contributed by atoms with Crippen molar-refractivity contribution in [1.29, 1.82) is 5.26 Å². The number of hydrogen-bond donors (Lipinski definition) is 0. The van der Waals surface area contributed by atoms with Crippen molar-refractivity contribution in [1.82, 2.24) is 4.90 Å². The van der Waals surface area contributed by atoms with E-state index >= 15 is 0 Å². The molecule has 4 nitrogen and oxygen atoms in total. The molecular formula is C13H15FN2O2S2. The number of benzene rings is 1. The molecule has 1 aromatic carbocycles. The summed E-state index contributed by atoms with van der Waals surface area (Å²) in [6, 6.07) is 6.12. The summed E-state index contributed by atoms with van der Waals surface area (Å²) in [6.07, 6.45) is 1.21. The van der Waals surface area contributed by atoms with Gasteiger partial charge in [0.25, 0.3) is 0 Å². The molecule has 0 N–H and O–H groups in total. The Morgan fingerprint density at radius 2 is 2.30 bits per heavy atom. The van der Waals surface area contributed by atoms with Crippen LogP contribution in [-0.4, -0.2) is 43.0 Å². The second kappa shape index (κ2) is 6.12. The van der Waals surface area contributed by atoms with E-state index in [1.54, 1.807) is 16.7 Å². The first-order chi connectivity index (χ1) is 9.41. The van der Waals surface area contributed by atoms with Gasteiger partial charge in [-0.1, -0.05) is 0 Å². The fraction of sp³-hybridized carbons (Fsp3) is 0.462. The van der Waals surface area contributed by atoms with Gasteiger partial charge in [-0.25, -0.2) is 12.8 Å². The molecule has 2 rings (SSSR count). The van der Waals surface area contributed by atoms with Crippen LogP contribution in [0.4, 0.5) is 4.39 Å². The third kappa shape index (κ3) is 3.51. The van der Waals surface area contributed by atoms with Crippen LogP contribution in [0.1, 0.15) is 11.1 Å². The maximum absolute atomic E-state index is 13.8. The van der Waals surface area contributed by atoms with E-state index in [4.69, 9.17) is 5.26 Å². The summed E-state index contributed by atoms with van der Waals surface area (Å²) in [4.78, 5) is 1.77. The maximum Gasteiger partial charge on any atom is 0.164 e. The van der Waals surface area contributed by atoms with Gasteiger partial charge in [-0.15, -0.1) is 0 Å². The summed E-state index contributed by atoms with van der Waals surface area (Å²) in [5.74, 6) is 0.915. The van der Waals surface area contributed by atoms with E-state index in [9.17, 15) is 12.8 Å². The van der Waals surface area contributed by atoms with E-state index in [0.717, 1.165) is 5.75 Å². The number of nitriles is 1. The minimum atomic E-state index is -3.21. The van der Waals surface area contributed by atoms with Crippen LogP contribution in [0, 0.1) is 17.1 Å². The smallest absolute Gasteiger partial charge is 0.164 e. The fourth-order valence-electron chi connectivity index (χ4n) is 2.17.